The molecule has 3 N–H and O–H groups in total. The molecule has 0 saturated carbocycles. The average molecular weight is 266 g/mol. The summed E-state index contributed by atoms with van der Waals surface area (Å²) in [6, 6.07) is 18.6. The number of nitrogen functional groups attached to an aromatic ring is 1. The molecule has 0 fully saturated rings. The molecule has 0 aliphatic carbocycles. The van der Waals surface area contributed by atoms with E-state index < -0.39 is 0 Å². The van der Waals surface area contributed by atoms with Gasteiger partial charge in [0.2, 0.25) is 0 Å². The molecule has 5 nitrogen and oxygen atoms in total. The van der Waals surface area contributed by atoms with Crippen molar-refractivity contribution < 1.29 is 4.42 Å². The first-order valence-electron chi connectivity index (χ1n) is 6.29. The number of aromatic nitrogens is 2. The van der Waals surface area contributed by atoms with Crippen LogP contribution in [0.5, 0.6) is 0 Å². The standard InChI is InChI=1S/C15H14N4O/c16-14-18-19-15(20-14)17-13-9-5-4-8-12(13)10-11-6-2-1-3-7-11/h1-9H,10H2,(H2,16,18)(H,17,19). The SMILES string of the molecule is Nc1nnc(Nc2ccccc2Cc2ccccc2)o1. The number of para-hydroxylation sites is 1. The second-order valence-corrected chi connectivity index (χ2v) is 4.39. The fourth-order valence-electron chi connectivity index (χ4n) is 2.01. The Hall–Kier alpha value is -2.82. The van der Waals surface area contributed by atoms with E-state index in [0.29, 0.717) is 6.01 Å². The minimum atomic E-state index is 0.0491. The van der Waals surface area contributed by atoms with Crippen LogP contribution in [0.4, 0.5) is 17.7 Å². The Morgan fingerprint density at radius 1 is 0.950 bits per heavy atom. The van der Waals surface area contributed by atoms with Gasteiger partial charge in [-0.3, -0.25) is 0 Å². The van der Waals surface area contributed by atoms with Crippen LogP contribution in [0.15, 0.2) is 59.0 Å². The fourth-order valence-corrected chi connectivity index (χ4v) is 2.01. The van der Waals surface area contributed by atoms with Crippen molar-refractivity contribution in [2.24, 2.45) is 0 Å². The first-order chi connectivity index (χ1) is 9.81. The van der Waals surface area contributed by atoms with Crippen molar-refractivity contribution in [2.75, 3.05) is 11.1 Å². The van der Waals surface area contributed by atoms with E-state index in [1.54, 1.807) is 0 Å². The number of nitrogens with zero attached hydrogens (tertiary/aromatic N) is 2. The minimum Gasteiger partial charge on any atom is -0.389 e. The first-order valence-corrected chi connectivity index (χ1v) is 6.29. The zero-order valence-corrected chi connectivity index (χ0v) is 10.8. The Kier molecular flexibility index (Phi) is 3.33. The average Bonchev–Trinajstić information content (AvgIpc) is 2.88. The van der Waals surface area contributed by atoms with Gasteiger partial charge in [-0.25, -0.2) is 0 Å². The summed E-state index contributed by atoms with van der Waals surface area (Å²) in [5.41, 5.74) is 8.74. The zero-order chi connectivity index (χ0) is 13.8. The molecule has 0 aliphatic rings. The number of hydrogen-bond donors (Lipinski definition) is 2. The summed E-state index contributed by atoms with van der Waals surface area (Å²) in [5, 5.41) is 10.5. The number of benzene rings is 2. The summed E-state index contributed by atoms with van der Waals surface area (Å²) in [7, 11) is 0. The van der Waals surface area contributed by atoms with Gasteiger partial charge in [-0.15, -0.1) is 0 Å². The van der Waals surface area contributed by atoms with Gasteiger partial charge >= 0.3 is 12.0 Å². The fraction of sp³-hybridized carbons (Fsp3) is 0.0667. The molecule has 0 saturated heterocycles. The third kappa shape index (κ3) is 2.77. The smallest absolute Gasteiger partial charge is 0.321 e. The summed E-state index contributed by atoms with van der Waals surface area (Å²) in [5.74, 6) is 0. The Balaban J connectivity index is 1.84. The highest BCUT2D eigenvalue weighted by atomic mass is 16.4. The second kappa shape index (κ2) is 5.44. The van der Waals surface area contributed by atoms with Crippen LogP contribution in [-0.2, 0) is 6.42 Å². The highest BCUT2D eigenvalue weighted by Gasteiger charge is 2.07. The van der Waals surface area contributed by atoms with Gasteiger partial charge in [0.05, 0.1) is 0 Å². The highest BCUT2D eigenvalue weighted by molar-refractivity contribution is 5.58. The van der Waals surface area contributed by atoms with E-state index in [0.717, 1.165) is 17.7 Å². The van der Waals surface area contributed by atoms with E-state index in [9.17, 15) is 0 Å². The summed E-state index contributed by atoms with van der Waals surface area (Å²) in [6.07, 6.45) is 0.827. The molecular weight excluding hydrogens is 252 g/mol. The van der Waals surface area contributed by atoms with Gasteiger partial charge in [-0.1, -0.05) is 58.7 Å². The van der Waals surface area contributed by atoms with E-state index in [4.69, 9.17) is 10.2 Å². The number of anilines is 3. The predicted octanol–water partition coefficient (Wildman–Crippen LogP) is 2.99. The molecule has 1 aromatic heterocycles. The van der Waals surface area contributed by atoms with E-state index in [2.05, 4.69) is 33.7 Å². The molecule has 0 amide bonds. The van der Waals surface area contributed by atoms with E-state index >= 15 is 0 Å². The predicted molar refractivity (Wildman–Crippen MR) is 77.7 cm³/mol. The summed E-state index contributed by atoms with van der Waals surface area (Å²) >= 11 is 0. The van der Waals surface area contributed by atoms with Gasteiger partial charge < -0.3 is 15.5 Å². The maximum atomic E-state index is 5.41. The van der Waals surface area contributed by atoms with Crippen LogP contribution in [0.2, 0.25) is 0 Å². The molecular formula is C15H14N4O. The number of nitrogens with one attached hydrogen (secondary N) is 1. The molecule has 0 spiro atoms. The van der Waals surface area contributed by atoms with Crippen LogP contribution in [-0.4, -0.2) is 10.2 Å². The largest absolute Gasteiger partial charge is 0.389 e. The molecule has 0 radical (unpaired) electrons. The molecule has 0 atom stereocenters. The Morgan fingerprint density at radius 3 is 2.45 bits per heavy atom. The van der Waals surface area contributed by atoms with E-state index in [-0.39, 0.29) is 6.01 Å². The topological polar surface area (TPSA) is 77.0 Å². The van der Waals surface area contributed by atoms with Crippen LogP contribution in [0.3, 0.4) is 0 Å². The summed E-state index contributed by atoms with van der Waals surface area (Å²) in [4.78, 5) is 0. The van der Waals surface area contributed by atoms with Gasteiger partial charge in [-0.2, -0.15) is 0 Å². The zero-order valence-electron chi connectivity index (χ0n) is 10.8. The van der Waals surface area contributed by atoms with Gasteiger partial charge in [0.25, 0.3) is 0 Å². The molecule has 0 unspecified atom stereocenters. The van der Waals surface area contributed by atoms with Crippen molar-refractivity contribution in [1.82, 2.24) is 10.2 Å². The van der Waals surface area contributed by atoms with Crippen molar-refractivity contribution in [2.45, 2.75) is 6.42 Å². The Morgan fingerprint density at radius 2 is 1.70 bits per heavy atom. The molecule has 2 aromatic carbocycles. The number of nitrogens with two attached hydrogens (primary N) is 1. The third-order valence-electron chi connectivity index (χ3n) is 2.94. The van der Waals surface area contributed by atoms with Crippen molar-refractivity contribution in [3.8, 4) is 0 Å². The highest BCUT2D eigenvalue weighted by Crippen LogP contribution is 2.22. The summed E-state index contributed by atoms with van der Waals surface area (Å²) < 4.78 is 5.14. The Labute approximate surface area is 116 Å². The molecule has 3 rings (SSSR count). The van der Waals surface area contributed by atoms with Gasteiger partial charge in [-0.05, 0) is 23.6 Å². The monoisotopic (exact) mass is 266 g/mol. The van der Waals surface area contributed by atoms with Gasteiger partial charge in [0.1, 0.15) is 0 Å². The van der Waals surface area contributed by atoms with Crippen LogP contribution >= 0.6 is 0 Å². The van der Waals surface area contributed by atoms with Crippen LogP contribution < -0.4 is 11.1 Å². The molecule has 0 bridgehead atoms. The van der Waals surface area contributed by atoms with Crippen molar-refractivity contribution >= 4 is 17.7 Å². The second-order valence-electron chi connectivity index (χ2n) is 4.39. The van der Waals surface area contributed by atoms with Gasteiger partial charge in [0, 0.05) is 5.69 Å². The Bertz CT molecular complexity index is 694. The lowest BCUT2D eigenvalue weighted by Gasteiger charge is -2.09. The van der Waals surface area contributed by atoms with Crippen LogP contribution in [0, 0.1) is 0 Å². The van der Waals surface area contributed by atoms with Crippen LogP contribution in [0.1, 0.15) is 11.1 Å². The van der Waals surface area contributed by atoms with E-state index in [1.807, 2.05) is 36.4 Å². The van der Waals surface area contributed by atoms with E-state index in [1.165, 1.54) is 5.56 Å². The lowest BCUT2D eigenvalue weighted by Crippen LogP contribution is -1.97. The third-order valence-corrected chi connectivity index (χ3v) is 2.94. The van der Waals surface area contributed by atoms with Gasteiger partial charge in [0.15, 0.2) is 0 Å². The molecule has 5 heteroatoms. The van der Waals surface area contributed by atoms with Crippen molar-refractivity contribution in [3.05, 3.63) is 65.7 Å². The molecule has 20 heavy (non-hydrogen) atoms. The molecule has 0 aliphatic heterocycles. The normalized spacial score (nSPS) is 10.4. The lowest BCUT2D eigenvalue weighted by molar-refractivity contribution is 0.593. The lowest BCUT2D eigenvalue weighted by atomic mass is 10.0. The minimum absolute atomic E-state index is 0.0491. The number of hydrogen-bond acceptors (Lipinski definition) is 5. The maximum absolute atomic E-state index is 5.41. The molecule has 100 valence electrons. The summed E-state index contributed by atoms with van der Waals surface area (Å²) in [6.45, 7) is 0. The molecule has 1 heterocycles. The van der Waals surface area contributed by atoms with Crippen molar-refractivity contribution in [3.63, 3.8) is 0 Å². The number of rotatable bonds is 4. The quantitative estimate of drug-likeness (QED) is 0.759. The van der Waals surface area contributed by atoms with Crippen molar-refractivity contribution in [1.29, 1.82) is 0 Å². The van der Waals surface area contributed by atoms with Crippen LogP contribution in [0.25, 0.3) is 0 Å². The first kappa shape index (κ1) is 12.2. The molecule has 3 aromatic rings. The maximum Gasteiger partial charge on any atom is 0.321 e.